The molecule has 0 radical (unpaired) electrons. The van der Waals surface area contributed by atoms with Crippen molar-refractivity contribution in [3.63, 3.8) is 0 Å². The van der Waals surface area contributed by atoms with Crippen LogP contribution in [0.15, 0.2) is 59.7 Å². The van der Waals surface area contributed by atoms with Gasteiger partial charge in [-0.05, 0) is 42.8 Å². The Kier molecular flexibility index (Phi) is 8.27. The van der Waals surface area contributed by atoms with Crippen LogP contribution in [-0.4, -0.2) is 37.1 Å². The second kappa shape index (κ2) is 10.9. The summed E-state index contributed by atoms with van der Waals surface area (Å²) in [6.07, 6.45) is -1.83. The summed E-state index contributed by atoms with van der Waals surface area (Å²) in [7, 11) is 0. The largest absolute Gasteiger partial charge is 0.490 e. The van der Waals surface area contributed by atoms with Crippen molar-refractivity contribution in [3.8, 4) is 5.75 Å². The summed E-state index contributed by atoms with van der Waals surface area (Å²) in [6, 6.07) is 17.3. The fourth-order valence-corrected chi connectivity index (χ4v) is 4.51. The van der Waals surface area contributed by atoms with Gasteiger partial charge in [0.05, 0.1) is 11.7 Å². The summed E-state index contributed by atoms with van der Waals surface area (Å²) in [5.41, 5.74) is 1.18. The third-order valence-electron chi connectivity index (χ3n) is 6.21. The number of nitrogens with zero attached hydrogens (tertiary/aromatic N) is 3. The van der Waals surface area contributed by atoms with Crippen molar-refractivity contribution in [1.29, 1.82) is 0 Å². The molecule has 2 atom stereocenters. The number of alkyl halides is 3. The van der Waals surface area contributed by atoms with E-state index in [9.17, 15) is 13.2 Å². The smallest absolute Gasteiger partial charge is 0.431 e. The van der Waals surface area contributed by atoms with Gasteiger partial charge in [-0.1, -0.05) is 45.9 Å². The van der Waals surface area contributed by atoms with Crippen LogP contribution in [0, 0.1) is 5.92 Å². The van der Waals surface area contributed by atoms with E-state index in [2.05, 4.69) is 22.1 Å². The van der Waals surface area contributed by atoms with E-state index in [4.69, 9.17) is 4.74 Å². The Morgan fingerprint density at radius 2 is 1.55 bits per heavy atom. The number of anilines is 2. The van der Waals surface area contributed by atoms with Crippen molar-refractivity contribution < 1.29 is 17.9 Å². The van der Waals surface area contributed by atoms with E-state index in [0.29, 0.717) is 12.1 Å². The second-order valence-electron chi connectivity index (χ2n) is 8.23. The van der Waals surface area contributed by atoms with Crippen LogP contribution in [0.1, 0.15) is 47.0 Å². The molecule has 0 saturated carbocycles. The van der Waals surface area contributed by atoms with Crippen LogP contribution in [0.5, 0.6) is 5.75 Å². The number of piperidine rings is 1. The van der Waals surface area contributed by atoms with Crippen LogP contribution >= 0.6 is 0 Å². The predicted octanol–water partition coefficient (Wildman–Crippen LogP) is 6.91. The summed E-state index contributed by atoms with van der Waals surface area (Å²) >= 11 is 0. The van der Waals surface area contributed by atoms with Crippen molar-refractivity contribution in [2.75, 3.05) is 23.0 Å². The number of hydrazone groups is 1. The normalized spacial score (nSPS) is 21.4. The van der Waals surface area contributed by atoms with Gasteiger partial charge in [-0.3, -0.25) is 5.01 Å². The number of hydrogen-bond acceptors (Lipinski definition) is 4. The molecule has 0 spiro atoms. The van der Waals surface area contributed by atoms with Crippen molar-refractivity contribution >= 4 is 17.1 Å². The Labute approximate surface area is 195 Å². The zero-order valence-electron chi connectivity index (χ0n) is 19.8. The van der Waals surface area contributed by atoms with Crippen molar-refractivity contribution in [2.45, 2.75) is 65.3 Å². The molecule has 4 rings (SSSR count). The molecule has 2 heterocycles. The number of ether oxygens (including phenoxy) is 1. The molecule has 0 N–H and O–H groups in total. The van der Waals surface area contributed by atoms with E-state index in [1.807, 2.05) is 51.1 Å². The third-order valence-corrected chi connectivity index (χ3v) is 6.21. The lowest BCUT2D eigenvalue weighted by atomic mass is 9.95. The Balaban J connectivity index is 0.00000149. The molecule has 1 unspecified atom stereocenters. The first-order chi connectivity index (χ1) is 15.9. The van der Waals surface area contributed by atoms with E-state index in [1.165, 1.54) is 10.7 Å². The SMILES string of the molecule is CC.CC[C@H]1C(C)C(C(F)(F)F)=NN1c1ccc(OC2CCN(c3ccccc3)CC2)cc1. The predicted molar refractivity (Wildman–Crippen MR) is 129 cm³/mol. The first-order valence-electron chi connectivity index (χ1n) is 11.9. The number of para-hydroxylation sites is 1. The highest BCUT2D eigenvalue weighted by Crippen LogP contribution is 2.36. The molecule has 33 heavy (non-hydrogen) atoms. The highest BCUT2D eigenvalue weighted by atomic mass is 19.4. The lowest BCUT2D eigenvalue weighted by molar-refractivity contribution is -0.0620. The summed E-state index contributed by atoms with van der Waals surface area (Å²) < 4.78 is 46.0. The number of halogens is 3. The maximum Gasteiger partial charge on any atom is 0.431 e. The molecule has 0 amide bonds. The standard InChI is InChI=1S/C24H28F3N3O.C2H6/c1-3-22-17(2)23(24(25,26)27)28-30(22)19-9-11-20(12-10-19)31-21-13-15-29(16-14-21)18-7-5-4-6-8-18;1-2/h4-12,17,21-22H,3,13-16H2,1-2H3;1-2H3/t17?,22-;/m0./s1. The molecule has 180 valence electrons. The van der Waals surface area contributed by atoms with E-state index in [0.717, 1.165) is 31.7 Å². The molecule has 2 aliphatic heterocycles. The summed E-state index contributed by atoms with van der Waals surface area (Å²) in [5, 5.41) is 5.43. The average molecular weight is 462 g/mol. The topological polar surface area (TPSA) is 28.1 Å². The molecule has 0 bridgehead atoms. The highest BCUT2D eigenvalue weighted by molar-refractivity contribution is 5.95. The van der Waals surface area contributed by atoms with Gasteiger partial charge in [0.15, 0.2) is 0 Å². The molecule has 1 fully saturated rings. The van der Waals surface area contributed by atoms with Crippen LogP contribution in [0.2, 0.25) is 0 Å². The zero-order valence-corrected chi connectivity index (χ0v) is 19.8. The fraction of sp³-hybridized carbons (Fsp3) is 0.500. The minimum Gasteiger partial charge on any atom is -0.490 e. The van der Waals surface area contributed by atoms with Crippen LogP contribution in [-0.2, 0) is 0 Å². The summed E-state index contributed by atoms with van der Waals surface area (Å²) in [5.74, 6) is 0.0814. The third kappa shape index (κ3) is 5.81. The van der Waals surface area contributed by atoms with Gasteiger partial charge >= 0.3 is 6.18 Å². The maximum absolute atomic E-state index is 13.3. The van der Waals surface area contributed by atoms with Gasteiger partial charge < -0.3 is 9.64 Å². The highest BCUT2D eigenvalue weighted by Gasteiger charge is 2.47. The second-order valence-corrected chi connectivity index (χ2v) is 8.23. The molecular formula is C26H34F3N3O. The average Bonchev–Trinajstić information content (AvgIpc) is 3.18. The molecule has 2 aromatic rings. The molecule has 1 saturated heterocycles. The van der Waals surface area contributed by atoms with E-state index >= 15 is 0 Å². The lowest BCUT2D eigenvalue weighted by Gasteiger charge is -2.33. The van der Waals surface area contributed by atoms with Crippen LogP contribution in [0.4, 0.5) is 24.5 Å². The number of hydrogen-bond donors (Lipinski definition) is 0. The molecular weight excluding hydrogens is 427 g/mol. The maximum atomic E-state index is 13.3. The Hall–Kier alpha value is -2.70. The zero-order chi connectivity index (χ0) is 24.0. The van der Waals surface area contributed by atoms with Crippen LogP contribution in [0.3, 0.4) is 0 Å². The number of benzene rings is 2. The Bertz CT molecular complexity index is 891. The molecule has 2 aromatic carbocycles. The van der Waals surface area contributed by atoms with Gasteiger partial charge in [0.25, 0.3) is 0 Å². The van der Waals surface area contributed by atoms with Gasteiger partial charge in [0.1, 0.15) is 17.6 Å². The van der Waals surface area contributed by atoms with Crippen LogP contribution < -0.4 is 14.6 Å². The van der Waals surface area contributed by atoms with Gasteiger partial charge in [0, 0.05) is 37.5 Å². The minimum atomic E-state index is -4.40. The van der Waals surface area contributed by atoms with Crippen molar-refractivity contribution in [2.24, 2.45) is 11.0 Å². The molecule has 2 aliphatic rings. The Morgan fingerprint density at radius 3 is 2.09 bits per heavy atom. The van der Waals surface area contributed by atoms with Crippen molar-refractivity contribution in [1.82, 2.24) is 0 Å². The molecule has 4 nitrogen and oxygen atoms in total. The first kappa shape index (κ1) is 24.9. The Morgan fingerprint density at radius 1 is 0.939 bits per heavy atom. The van der Waals surface area contributed by atoms with Crippen molar-refractivity contribution in [3.05, 3.63) is 54.6 Å². The summed E-state index contributed by atoms with van der Waals surface area (Å²) in [4.78, 5) is 2.36. The minimum absolute atomic E-state index is 0.135. The first-order valence-corrected chi connectivity index (χ1v) is 11.9. The molecule has 0 aromatic heterocycles. The van der Waals surface area contributed by atoms with E-state index in [1.54, 1.807) is 19.1 Å². The van der Waals surface area contributed by atoms with Gasteiger partial charge in [0.2, 0.25) is 0 Å². The van der Waals surface area contributed by atoms with Gasteiger partial charge in [-0.15, -0.1) is 0 Å². The monoisotopic (exact) mass is 461 g/mol. The quantitative estimate of drug-likeness (QED) is 0.484. The van der Waals surface area contributed by atoms with Gasteiger partial charge in [-0.25, -0.2) is 0 Å². The molecule has 0 aliphatic carbocycles. The number of rotatable bonds is 5. The van der Waals surface area contributed by atoms with E-state index < -0.39 is 17.8 Å². The lowest BCUT2D eigenvalue weighted by Crippen LogP contribution is -2.38. The molecule has 7 heteroatoms. The van der Waals surface area contributed by atoms with Gasteiger partial charge in [-0.2, -0.15) is 18.3 Å². The summed E-state index contributed by atoms with van der Waals surface area (Å²) in [6.45, 7) is 9.36. The fourth-order valence-electron chi connectivity index (χ4n) is 4.51. The van der Waals surface area contributed by atoms with Crippen LogP contribution in [0.25, 0.3) is 0 Å². The van der Waals surface area contributed by atoms with E-state index in [-0.39, 0.29) is 12.1 Å².